The predicted molar refractivity (Wildman–Crippen MR) is 126 cm³/mol. The molecule has 3 heterocycles. The molecule has 0 aliphatic carbocycles. The Labute approximate surface area is 186 Å². The van der Waals surface area contributed by atoms with Gasteiger partial charge in [-0.05, 0) is 51.3 Å². The summed E-state index contributed by atoms with van der Waals surface area (Å²) in [5.41, 5.74) is 6.20. The van der Waals surface area contributed by atoms with Gasteiger partial charge in [-0.2, -0.15) is 10.2 Å². The van der Waals surface area contributed by atoms with Crippen LogP contribution in [0, 0.1) is 13.8 Å². The van der Waals surface area contributed by atoms with Gasteiger partial charge in [0.05, 0.1) is 23.9 Å². The number of amides is 1. The minimum Gasteiger partial charge on any atom is -0.359 e. The van der Waals surface area contributed by atoms with Gasteiger partial charge in [-0.25, -0.2) is 0 Å². The van der Waals surface area contributed by atoms with Gasteiger partial charge in [0.25, 0.3) is 0 Å². The van der Waals surface area contributed by atoms with E-state index in [2.05, 4.69) is 36.3 Å². The molecule has 7 heteroatoms. The number of benzene rings is 1. The highest BCUT2D eigenvalue weighted by Gasteiger charge is 2.32. The van der Waals surface area contributed by atoms with Crippen LogP contribution in [0.15, 0.2) is 39.5 Å². The van der Waals surface area contributed by atoms with Crippen LogP contribution in [0.4, 0.5) is 0 Å². The lowest BCUT2D eigenvalue weighted by Gasteiger charge is -2.18. The van der Waals surface area contributed by atoms with Gasteiger partial charge in [0.1, 0.15) is 0 Å². The summed E-state index contributed by atoms with van der Waals surface area (Å²) in [5.74, 6) is 0.149. The van der Waals surface area contributed by atoms with Crippen LogP contribution in [-0.2, 0) is 4.79 Å². The molecular weight excluding hydrogens is 416 g/mol. The smallest absolute Gasteiger partial charge is 0.222 e. The van der Waals surface area contributed by atoms with Gasteiger partial charge in [0, 0.05) is 44.6 Å². The van der Waals surface area contributed by atoms with E-state index in [1.165, 1.54) is 20.9 Å². The summed E-state index contributed by atoms with van der Waals surface area (Å²) in [6.45, 7) is 6.37. The first-order valence-electron chi connectivity index (χ1n) is 10.1. The standard InChI is InChI=1S/C23H25ClN4OS/c1-12-14(3)30-23-17-9-10-18(28-27-13(17)2)19(11-20(29)25-4)26-22(21(12)23)15-5-7-16(24)8-6-15/h5-8,17,19H,9-11H2,1-4H3,(H,25,29). The molecule has 30 heavy (non-hydrogen) atoms. The summed E-state index contributed by atoms with van der Waals surface area (Å²) in [6.07, 6.45) is 1.96. The fraction of sp³-hybridized carbons (Fsp3) is 0.391. The van der Waals surface area contributed by atoms with Crippen LogP contribution in [0.2, 0.25) is 5.02 Å². The largest absolute Gasteiger partial charge is 0.359 e. The molecule has 0 fully saturated rings. The number of aryl methyl sites for hydroxylation is 1. The lowest BCUT2D eigenvalue weighted by molar-refractivity contribution is -0.120. The third kappa shape index (κ3) is 3.86. The van der Waals surface area contributed by atoms with Crippen LogP contribution in [-0.4, -0.2) is 36.1 Å². The van der Waals surface area contributed by atoms with E-state index < -0.39 is 0 Å². The Kier molecular flexibility index (Phi) is 5.89. The highest BCUT2D eigenvalue weighted by molar-refractivity contribution is 7.12. The number of hydrogen-bond donors (Lipinski definition) is 1. The average molecular weight is 441 g/mol. The van der Waals surface area contributed by atoms with E-state index in [9.17, 15) is 4.79 Å². The van der Waals surface area contributed by atoms with Crippen LogP contribution >= 0.6 is 22.9 Å². The molecular formula is C23H25ClN4OS. The molecule has 2 unspecified atom stereocenters. The SMILES string of the molecule is CNC(=O)CC1N=C(c2ccc(Cl)cc2)c2c(sc(C)c2C)C2CCC1=NN=C2C. The van der Waals surface area contributed by atoms with Crippen molar-refractivity contribution in [2.75, 3.05) is 7.05 Å². The zero-order valence-electron chi connectivity index (χ0n) is 17.6. The van der Waals surface area contributed by atoms with E-state index in [0.29, 0.717) is 5.02 Å². The minimum absolute atomic E-state index is 0.0545. The lowest BCUT2D eigenvalue weighted by atomic mass is 9.89. The first-order chi connectivity index (χ1) is 14.4. The predicted octanol–water partition coefficient (Wildman–Crippen LogP) is 5.07. The molecule has 1 N–H and O–H groups in total. The number of carbonyl (C=O) groups is 1. The van der Waals surface area contributed by atoms with Gasteiger partial charge < -0.3 is 5.32 Å². The number of hydrogen-bond acceptors (Lipinski definition) is 5. The molecule has 0 saturated heterocycles. The molecule has 156 valence electrons. The van der Waals surface area contributed by atoms with Gasteiger partial charge >= 0.3 is 0 Å². The van der Waals surface area contributed by atoms with Crippen LogP contribution in [0.5, 0.6) is 0 Å². The second-order valence-corrected chi connectivity index (χ2v) is 9.52. The Bertz CT molecular complexity index is 1080. The molecule has 2 aliphatic rings. The van der Waals surface area contributed by atoms with E-state index in [-0.39, 0.29) is 24.3 Å². The Balaban J connectivity index is 2.00. The number of halogens is 1. The third-order valence-corrected chi connectivity index (χ3v) is 7.51. The van der Waals surface area contributed by atoms with Crippen LogP contribution in [0.3, 0.4) is 0 Å². The Morgan fingerprint density at radius 2 is 1.93 bits per heavy atom. The van der Waals surface area contributed by atoms with E-state index in [0.717, 1.165) is 35.5 Å². The maximum absolute atomic E-state index is 12.3. The molecule has 5 nitrogen and oxygen atoms in total. The van der Waals surface area contributed by atoms with Crippen molar-refractivity contribution in [3.63, 3.8) is 0 Å². The van der Waals surface area contributed by atoms with Gasteiger partial charge in [-0.1, -0.05) is 23.7 Å². The van der Waals surface area contributed by atoms with E-state index in [1.807, 2.05) is 35.6 Å². The summed E-state index contributed by atoms with van der Waals surface area (Å²) in [4.78, 5) is 20.0. The number of fused-ring (bicyclic) bond motifs is 5. The molecule has 0 saturated carbocycles. The van der Waals surface area contributed by atoms with Gasteiger partial charge in [-0.3, -0.25) is 9.79 Å². The number of carbonyl (C=O) groups excluding carboxylic acids is 1. The summed E-state index contributed by atoms with van der Waals surface area (Å²) in [7, 11) is 1.65. The van der Waals surface area contributed by atoms with Crippen molar-refractivity contribution in [1.82, 2.24) is 5.32 Å². The normalized spacial score (nSPS) is 20.8. The van der Waals surface area contributed by atoms with Gasteiger partial charge in [-0.15, -0.1) is 11.3 Å². The molecule has 2 aliphatic heterocycles. The number of aliphatic imine (C=N–C) groups is 1. The van der Waals surface area contributed by atoms with E-state index in [4.69, 9.17) is 16.6 Å². The first kappa shape index (κ1) is 20.9. The number of rotatable bonds is 3. The molecule has 1 amide bonds. The second kappa shape index (κ2) is 8.44. The summed E-state index contributed by atoms with van der Waals surface area (Å²) in [5, 5.41) is 12.5. The summed E-state index contributed by atoms with van der Waals surface area (Å²) < 4.78 is 0. The van der Waals surface area contributed by atoms with Crippen LogP contribution < -0.4 is 5.32 Å². The third-order valence-electron chi connectivity index (χ3n) is 5.94. The monoisotopic (exact) mass is 440 g/mol. The average Bonchev–Trinajstić information content (AvgIpc) is 2.91. The zero-order chi connectivity index (χ0) is 21.4. The minimum atomic E-state index is -0.350. The highest BCUT2D eigenvalue weighted by Crippen LogP contribution is 2.40. The maximum Gasteiger partial charge on any atom is 0.222 e. The molecule has 2 bridgehead atoms. The number of thiophene rings is 1. The van der Waals surface area contributed by atoms with Crippen molar-refractivity contribution in [3.8, 4) is 0 Å². The fourth-order valence-corrected chi connectivity index (χ4v) is 5.57. The molecule has 2 atom stereocenters. The molecule has 0 spiro atoms. The Hall–Kier alpha value is -2.31. The Morgan fingerprint density at radius 1 is 1.20 bits per heavy atom. The first-order valence-corrected chi connectivity index (χ1v) is 11.3. The van der Waals surface area contributed by atoms with E-state index >= 15 is 0 Å². The van der Waals surface area contributed by atoms with Crippen LogP contribution in [0.1, 0.15) is 58.5 Å². The lowest BCUT2D eigenvalue weighted by Crippen LogP contribution is -2.29. The highest BCUT2D eigenvalue weighted by atomic mass is 35.5. The van der Waals surface area contributed by atoms with Crippen LogP contribution in [0.25, 0.3) is 0 Å². The maximum atomic E-state index is 12.3. The van der Waals surface area contributed by atoms with Crippen molar-refractivity contribution in [2.45, 2.75) is 52.0 Å². The van der Waals surface area contributed by atoms with Crippen molar-refractivity contribution in [1.29, 1.82) is 0 Å². The fourth-order valence-electron chi connectivity index (χ4n) is 4.07. The molecule has 2 aromatic rings. The van der Waals surface area contributed by atoms with Crippen molar-refractivity contribution in [2.24, 2.45) is 15.2 Å². The molecule has 0 radical (unpaired) electrons. The molecule has 1 aromatic carbocycles. The number of nitrogens with one attached hydrogen (secondary N) is 1. The van der Waals surface area contributed by atoms with E-state index in [1.54, 1.807) is 7.05 Å². The second-order valence-electron chi connectivity index (χ2n) is 7.82. The molecule has 1 aromatic heterocycles. The topological polar surface area (TPSA) is 66.2 Å². The Morgan fingerprint density at radius 3 is 2.63 bits per heavy atom. The van der Waals surface area contributed by atoms with Gasteiger partial charge in [0.15, 0.2) is 0 Å². The quantitative estimate of drug-likeness (QED) is 0.711. The van der Waals surface area contributed by atoms with Crippen molar-refractivity contribution < 1.29 is 4.79 Å². The summed E-state index contributed by atoms with van der Waals surface area (Å²) >= 11 is 7.98. The number of nitrogens with zero attached hydrogens (tertiary/aromatic N) is 3. The zero-order valence-corrected chi connectivity index (χ0v) is 19.2. The van der Waals surface area contributed by atoms with Crippen molar-refractivity contribution in [3.05, 3.63) is 55.7 Å². The summed E-state index contributed by atoms with van der Waals surface area (Å²) in [6, 6.07) is 7.43. The van der Waals surface area contributed by atoms with Gasteiger partial charge in [0.2, 0.25) is 5.91 Å². The molecule has 4 rings (SSSR count). The van der Waals surface area contributed by atoms with Crippen molar-refractivity contribution >= 4 is 46.0 Å².